The average Bonchev–Trinajstić information content (AvgIpc) is 3.07. The lowest BCUT2D eigenvalue weighted by Gasteiger charge is -2.27. The predicted octanol–water partition coefficient (Wildman–Crippen LogP) is 2.35. The molecule has 22 heavy (non-hydrogen) atoms. The number of benzene rings is 1. The van der Waals surface area contributed by atoms with E-state index in [0.717, 1.165) is 23.8 Å². The van der Waals surface area contributed by atoms with E-state index in [-0.39, 0.29) is 18.1 Å². The SMILES string of the molecule is CO[C@@H]1CC[C@@H](N(C)C(=O)c2oc3ccccc3c2C)[C@H]1O. The highest BCUT2D eigenvalue weighted by Gasteiger charge is 2.39. The third kappa shape index (κ3) is 2.30. The summed E-state index contributed by atoms with van der Waals surface area (Å²) in [7, 11) is 3.29. The van der Waals surface area contributed by atoms with Gasteiger partial charge >= 0.3 is 0 Å². The van der Waals surface area contributed by atoms with Crippen LogP contribution in [0.2, 0.25) is 0 Å². The molecule has 1 N–H and O–H groups in total. The molecule has 5 nitrogen and oxygen atoms in total. The van der Waals surface area contributed by atoms with Gasteiger partial charge in [0.05, 0.1) is 12.1 Å². The van der Waals surface area contributed by atoms with Crippen molar-refractivity contribution >= 4 is 16.9 Å². The Morgan fingerprint density at radius 2 is 2.09 bits per heavy atom. The Morgan fingerprint density at radius 3 is 2.73 bits per heavy atom. The number of para-hydroxylation sites is 1. The standard InChI is InChI=1S/C17H21NO4/c1-10-11-6-4-5-7-13(11)22-16(10)17(20)18(2)12-8-9-14(21-3)15(12)19/h4-7,12,14-15,19H,8-9H2,1-3H3/t12-,14-,15-/m1/s1. The van der Waals surface area contributed by atoms with Gasteiger partial charge in [0.2, 0.25) is 0 Å². The predicted molar refractivity (Wildman–Crippen MR) is 82.9 cm³/mol. The zero-order chi connectivity index (χ0) is 15.9. The van der Waals surface area contributed by atoms with Gasteiger partial charge in [-0.05, 0) is 25.8 Å². The summed E-state index contributed by atoms with van der Waals surface area (Å²) in [4.78, 5) is 14.3. The van der Waals surface area contributed by atoms with Crippen LogP contribution in [0.3, 0.4) is 0 Å². The van der Waals surface area contributed by atoms with Crippen LogP contribution in [-0.4, -0.2) is 48.3 Å². The molecule has 1 amide bonds. The molecule has 0 aliphatic heterocycles. The van der Waals surface area contributed by atoms with Crippen molar-refractivity contribution in [2.24, 2.45) is 0 Å². The number of rotatable bonds is 3. The van der Waals surface area contributed by atoms with Crippen molar-refractivity contribution in [2.75, 3.05) is 14.2 Å². The number of amides is 1. The number of carbonyl (C=O) groups excluding carboxylic acids is 1. The van der Waals surface area contributed by atoms with Crippen molar-refractivity contribution in [3.05, 3.63) is 35.6 Å². The van der Waals surface area contributed by atoms with Gasteiger partial charge in [0.25, 0.3) is 5.91 Å². The van der Waals surface area contributed by atoms with Gasteiger partial charge in [-0.2, -0.15) is 0 Å². The molecule has 0 bridgehead atoms. The normalized spacial score (nSPS) is 24.8. The van der Waals surface area contributed by atoms with Crippen molar-refractivity contribution in [1.82, 2.24) is 4.90 Å². The summed E-state index contributed by atoms with van der Waals surface area (Å²) < 4.78 is 11.0. The fourth-order valence-corrected chi connectivity index (χ4v) is 3.29. The maximum atomic E-state index is 12.7. The summed E-state index contributed by atoms with van der Waals surface area (Å²) in [6, 6.07) is 7.35. The van der Waals surface area contributed by atoms with Crippen LogP contribution in [0.4, 0.5) is 0 Å². The van der Waals surface area contributed by atoms with E-state index >= 15 is 0 Å². The number of aliphatic hydroxyl groups excluding tert-OH is 1. The number of methoxy groups -OCH3 is 1. The molecule has 5 heteroatoms. The molecule has 1 fully saturated rings. The highest BCUT2D eigenvalue weighted by Crippen LogP contribution is 2.30. The highest BCUT2D eigenvalue weighted by molar-refractivity contribution is 5.99. The van der Waals surface area contributed by atoms with Crippen LogP contribution in [0.15, 0.2) is 28.7 Å². The Balaban J connectivity index is 1.88. The van der Waals surface area contributed by atoms with Crippen LogP contribution in [-0.2, 0) is 4.74 Å². The first kappa shape index (κ1) is 15.1. The number of ether oxygens (including phenoxy) is 1. The summed E-state index contributed by atoms with van der Waals surface area (Å²) in [6.45, 7) is 1.88. The minimum absolute atomic E-state index is 0.200. The Labute approximate surface area is 129 Å². The molecule has 1 aromatic carbocycles. The first-order chi connectivity index (χ1) is 10.5. The summed E-state index contributed by atoms with van der Waals surface area (Å²) >= 11 is 0. The van der Waals surface area contributed by atoms with Crippen molar-refractivity contribution in [3.63, 3.8) is 0 Å². The molecule has 1 aliphatic rings. The molecule has 118 valence electrons. The van der Waals surface area contributed by atoms with E-state index < -0.39 is 6.10 Å². The van der Waals surface area contributed by atoms with E-state index in [2.05, 4.69) is 0 Å². The van der Waals surface area contributed by atoms with E-state index in [0.29, 0.717) is 11.3 Å². The molecular weight excluding hydrogens is 282 g/mol. The zero-order valence-corrected chi connectivity index (χ0v) is 13.1. The van der Waals surface area contributed by atoms with E-state index in [4.69, 9.17) is 9.15 Å². The smallest absolute Gasteiger partial charge is 0.289 e. The monoisotopic (exact) mass is 303 g/mol. The van der Waals surface area contributed by atoms with Crippen LogP contribution in [0.25, 0.3) is 11.0 Å². The fraction of sp³-hybridized carbons (Fsp3) is 0.471. The molecule has 0 spiro atoms. The molecular formula is C17H21NO4. The van der Waals surface area contributed by atoms with Crippen molar-refractivity contribution in [2.45, 2.75) is 38.0 Å². The molecule has 3 atom stereocenters. The average molecular weight is 303 g/mol. The molecule has 1 saturated carbocycles. The molecule has 0 saturated heterocycles. The Bertz CT molecular complexity index is 693. The maximum Gasteiger partial charge on any atom is 0.289 e. The van der Waals surface area contributed by atoms with Crippen LogP contribution < -0.4 is 0 Å². The van der Waals surface area contributed by atoms with Gasteiger partial charge in [0, 0.05) is 25.1 Å². The van der Waals surface area contributed by atoms with Gasteiger partial charge in [0.15, 0.2) is 5.76 Å². The molecule has 0 unspecified atom stereocenters. The number of hydrogen-bond donors (Lipinski definition) is 1. The minimum Gasteiger partial charge on any atom is -0.451 e. The van der Waals surface area contributed by atoms with Gasteiger partial charge < -0.3 is 19.2 Å². The summed E-state index contributed by atoms with van der Waals surface area (Å²) in [6.07, 6.45) is 0.598. The molecule has 1 aromatic heterocycles. The van der Waals surface area contributed by atoms with Crippen LogP contribution in [0.1, 0.15) is 29.0 Å². The van der Waals surface area contributed by atoms with E-state index in [1.807, 2.05) is 31.2 Å². The lowest BCUT2D eigenvalue weighted by Crippen LogP contribution is -2.44. The van der Waals surface area contributed by atoms with Crippen molar-refractivity contribution in [1.29, 1.82) is 0 Å². The van der Waals surface area contributed by atoms with Crippen LogP contribution in [0.5, 0.6) is 0 Å². The molecule has 2 aromatic rings. The van der Waals surface area contributed by atoms with Gasteiger partial charge in [-0.25, -0.2) is 0 Å². The number of furan rings is 1. The number of aliphatic hydroxyl groups is 1. The Hall–Kier alpha value is -1.85. The third-order valence-corrected chi connectivity index (χ3v) is 4.68. The Morgan fingerprint density at radius 1 is 1.36 bits per heavy atom. The first-order valence-electron chi connectivity index (χ1n) is 7.50. The van der Waals surface area contributed by atoms with Gasteiger partial charge in [0.1, 0.15) is 11.7 Å². The Kier molecular flexibility index (Phi) is 3.93. The minimum atomic E-state index is -0.663. The van der Waals surface area contributed by atoms with E-state index in [1.54, 1.807) is 19.1 Å². The number of aryl methyl sites for hydroxylation is 1. The second-order valence-electron chi connectivity index (χ2n) is 5.88. The number of fused-ring (bicyclic) bond motifs is 1. The zero-order valence-electron chi connectivity index (χ0n) is 13.1. The lowest BCUT2D eigenvalue weighted by molar-refractivity contribution is -0.0160. The lowest BCUT2D eigenvalue weighted by atomic mass is 10.1. The van der Waals surface area contributed by atoms with E-state index in [1.165, 1.54) is 0 Å². The maximum absolute atomic E-state index is 12.7. The largest absolute Gasteiger partial charge is 0.451 e. The fourth-order valence-electron chi connectivity index (χ4n) is 3.29. The number of hydrogen-bond acceptors (Lipinski definition) is 4. The van der Waals surface area contributed by atoms with Crippen molar-refractivity contribution in [3.8, 4) is 0 Å². The summed E-state index contributed by atoms with van der Waals surface area (Å²) in [5, 5.41) is 11.2. The van der Waals surface area contributed by atoms with Gasteiger partial charge in [-0.1, -0.05) is 18.2 Å². The second kappa shape index (κ2) is 5.74. The van der Waals surface area contributed by atoms with Crippen LogP contribution in [0, 0.1) is 6.92 Å². The molecule has 1 heterocycles. The number of carbonyl (C=O) groups is 1. The summed E-state index contributed by atoms with van der Waals surface area (Å²) in [5.74, 6) is 0.145. The first-order valence-corrected chi connectivity index (χ1v) is 7.50. The second-order valence-corrected chi connectivity index (χ2v) is 5.88. The number of likely N-dealkylation sites (N-methyl/N-ethyl adjacent to an activating group) is 1. The highest BCUT2D eigenvalue weighted by atomic mass is 16.5. The van der Waals surface area contributed by atoms with E-state index in [9.17, 15) is 9.90 Å². The topological polar surface area (TPSA) is 62.9 Å². The molecule has 1 aliphatic carbocycles. The quantitative estimate of drug-likeness (QED) is 0.945. The molecule has 3 rings (SSSR count). The van der Waals surface area contributed by atoms with Gasteiger partial charge in [-0.15, -0.1) is 0 Å². The number of nitrogens with zero attached hydrogens (tertiary/aromatic N) is 1. The van der Waals surface area contributed by atoms with Crippen LogP contribution >= 0.6 is 0 Å². The van der Waals surface area contributed by atoms with Crippen molar-refractivity contribution < 1.29 is 19.1 Å². The van der Waals surface area contributed by atoms with Gasteiger partial charge in [-0.3, -0.25) is 4.79 Å². The third-order valence-electron chi connectivity index (χ3n) is 4.68. The molecule has 0 radical (unpaired) electrons. The summed E-state index contributed by atoms with van der Waals surface area (Å²) in [5.41, 5.74) is 1.54.